The summed E-state index contributed by atoms with van der Waals surface area (Å²) in [6.07, 6.45) is 8.54. The van der Waals surface area contributed by atoms with Crippen LogP contribution in [0.4, 0.5) is 5.69 Å². The minimum Gasteiger partial charge on any atom is -0.387 e. The highest BCUT2D eigenvalue weighted by Crippen LogP contribution is 2.34. The zero-order valence-corrected chi connectivity index (χ0v) is 16.7. The third-order valence-corrected chi connectivity index (χ3v) is 6.88. The molecule has 0 aromatic heterocycles. The molecule has 1 aromatic rings. The number of carbonyl (C=O) groups is 1. The molecule has 2 aliphatic heterocycles. The van der Waals surface area contributed by atoms with E-state index in [2.05, 4.69) is 24.0 Å². The number of rotatable bonds is 4. The van der Waals surface area contributed by atoms with Crippen LogP contribution in [0.25, 0.3) is 0 Å². The highest BCUT2D eigenvalue weighted by molar-refractivity contribution is 5.96. The van der Waals surface area contributed by atoms with E-state index in [4.69, 9.17) is 0 Å². The van der Waals surface area contributed by atoms with Gasteiger partial charge in [0.25, 0.3) is 0 Å². The number of nitrogens with zero attached hydrogens (tertiary/aromatic N) is 2. The van der Waals surface area contributed by atoms with Gasteiger partial charge in [-0.15, -0.1) is 0 Å². The fourth-order valence-corrected chi connectivity index (χ4v) is 5.04. The van der Waals surface area contributed by atoms with E-state index in [9.17, 15) is 9.90 Å². The molecule has 0 unspecified atom stereocenters. The predicted molar refractivity (Wildman–Crippen MR) is 109 cm³/mol. The molecule has 1 N–H and O–H groups in total. The number of hydrogen-bond acceptors (Lipinski definition) is 3. The first-order chi connectivity index (χ1) is 13.1. The summed E-state index contributed by atoms with van der Waals surface area (Å²) in [7, 11) is 0. The van der Waals surface area contributed by atoms with Gasteiger partial charge in [0.15, 0.2) is 0 Å². The standard InChI is InChI=1S/C23H34N2O2/c1-17-10-13-24(14-11-17)16-22(26)20-8-9-21-19(15-20)7-4-12-25(21)23(27)18-5-2-3-6-18/h8-9,15,17-18,22,26H,2-7,10-14,16H2,1H3/t22-/m1/s1. The molecule has 1 saturated heterocycles. The van der Waals surface area contributed by atoms with Gasteiger partial charge in [0.1, 0.15) is 0 Å². The second-order valence-corrected chi connectivity index (χ2v) is 8.96. The van der Waals surface area contributed by atoms with Crippen LogP contribution < -0.4 is 4.90 Å². The molecular formula is C23H34N2O2. The van der Waals surface area contributed by atoms with Crippen molar-refractivity contribution in [3.63, 3.8) is 0 Å². The Morgan fingerprint density at radius 2 is 1.85 bits per heavy atom. The van der Waals surface area contributed by atoms with Crippen LogP contribution in [0, 0.1) is 11.8 Å². The Labute approximate surface area is 163 Å². The molecule has 4 rings (SSSR count). The van der Waals surface area contributed by atoms with E-state index >= 15 is 0 Å². The normalized spacial score (nSPS) is 23.4. The van der Waals surface area contributed by atoms with Crippen LogP contribution in [0.2, 0.25) is 0 Å². The number of carbonyl (C=O) groups excluding carboxylic acids is 1. The second-order valence-electron chi connectivity index (χ2n) is 8.96. The van der Waals surface area contributed by atoms with E-state index < -0.39 is 6.10 Å². The Morgan fingerprint density at radius 3 is 2.59 bits per heavy atom. The van der Waals surface area contributed by atoms with Crippen molar-refractivity contribution in [1.29, 1.82) is 0 Å². The maximum atomic E-state index is 12.9. The van der Waals surface area contributed by atoms with Gasteiger partial charge in [0.05, 0.1) is 6.10 Å². The number of aliphatic hydroxyl groups excluding tert-OH is 1. The van der Waals surface area contributed by atoms with Crippen LogP contribution in [0.3, 0.4) is 0 Å². The molecule has 0 bridgehead atoms. The molecule has 1 atom stereocenters. The number of anilines is 1. The average Bonchev–Trinajstić information content (AvgIpc) is 3.23. The summed E-state index contributed by atoms with van der Waals surface area (Å²) in [5.41, 5.74) is 3.32. The number of β-amino-alcohol motifs (C(OH)–C–C–N with tert-alkyl or cyclic N) is 1. The molecule has 27 heavy (non-hydrogen) atoms. The van der Waals surface area contributed by atoms with Gasteiger partial charge in [-0.05, 0) is 74.7 Å². The van der Waals surface area contributed by atoms with Crippen molar-refractivity contribution in [2.45, 2.75) is 64.4 Å². The maximum Gasteiger partial charge on any atom is 0.230 e. The number of likely N-dealkylation sites (tertiary alicyclic amines) is 1. The SMILES string of the molecule is CC1CCN(C[C@@H](O)c2ccc3c(c2)CCCN3C(=O)C2CCCC2)CC1. The van der Waals surface area contributed by atoms with Crippen LogP contribution >= 0.6 is 0 Å². The highest BCUT2D eigenvalue weighted by Gasteiger charge is 2.31. The largest absolute Gasteiger partial charge is 0.387 e. The number of benzene rings is 1. The zero-order chi connectivity index (χ0) is 18.8. The van der Waals surface area contributed by atoms with Crippen molar-refractivity contribution in [3.8, 4) is 0 Å². The van der Waals surface area contributed by atoms with E-state index in [-0.39, 0.29) is 5.92 Å². The molecule has 1 amide bonds. The highest BCUT2D eigenvalue weighted by atomic mass is 16.3. The molecule has 148 valence electrons. The van der Waals surface area contributed by atoms with Crippen LogP contribution in [0.5, 0.6) is 0 Å². The zero-order valence-electron chi connectivity index (χ0n) is 16.7. The van der Waals surface area contributed by atoms with Gasteiger partial charge in [-0.1, -0.05) is 31.9 Å². The topological polar surface area (TPSA) is 43.8 Å². The number of hydrogen-bond donors (Lipinski definition) is 1. The van der Waals surface area contributed by atoms with Crippen LogP contribution in [-0.2, 0) is 11.2 Å². The van der Waals surface area contributed by atoms with E-state index in [1.807, 2.05) is 11.0 Å². The second kappa shape index (κ2) is 8.32. The Hall–Kier alpha value is -1.39. The molecule has 1 aliphatic carbocycles. The van der Waals surface area contributed by atoms with Gasteiger partial charge in [0, 0.05) is 24.7 Å². The predicted octanol–water partition coefficient (Wildman–Crippen LogP) is 3.92. The van der Waals surface area contributed by atoms with Gasteiger partial charge < -0.3 is 14.9 Å². The van der Waals surface area contributed by atoms with Gasteiger partial charge in [-0.2, -0.15) is 0 Å². The molecule has 1 aromatic carbocycles. The first kappa shape index (κ1) is 18.9. The van der Waals surface area contributed by atoms with Crippen molar-refractivity contribution in [3.05, 3.63) is 29.3 Å². The third kappa shape index (κ3) is 4.22. The number of aryl methyl sites for hydroxylation is 1. The third-order valence-electron chi connectivity index (χ3n) is 6.88. The van der Waals surface area contributed by atoms with E-state index in [1.54, 1.807) is 0 Å². The van der Waals surface area contributed by atoms with Gasteiger partial charge in [-0.25, -0.2) is 0 Å². The molecule has 0 radical (unpaired) electrons. The first-order valence-corrected chi connectivity index (χ1v) is 11.0. The lowest BCUT2D eigenvalue weighted by Crippen LogP contribution is -2.39. The first-order valence-electron chi connectivity index (χ1n) is 11.0. The van der Waals surface area contributed by atoms with Crippen molar-refractivity contribution >= 4 is 11.6 Å². The monoisotopic (exact) mass is 370 g/mol. The van der Waals surface area contributed by atoms with Crippen molar-refractivity contribution in [1.82, 2.24) is 4.90 Å². The number of piperidine rings is 1. The van der Waals surface area contributed by atoms with Crippen LogP contribution in [0.15, 0.2) is 18.2 Å². The Kier molecular flexibility index (Phi) is 5.84. The summed E-state index contributed by atoms with van der Waals surface area (Å²) in [6, 6.07) is 6.27. The quantitative estimate of drug-likeness (QED) is 0.874. The number of fused-ring (bicyclic) bond motifs is 1. The summed E-state index contributed by atoms with van der Waals surface area (Å²) < 4.78 is 0. The average molecular weight is 371 g/mol. The summed E-state index contributed by atoms with van der Waals surface area (Å²) >= 11 is 0. The molecule has 2 heterocycles. The van der Waals surface area contributed by atoms with Crippen molar-refractivity contribution in [2.24, 2.45) is 11.8 Å². The summed E-state index contributed by atoms with van der Waals surface area (Å²) in [6.45, 7) is 6.06. The van der Waals surface area contributed by atoms with Gasteiger partial charge >= 0.3 is 0 Å². The Balaban J connectivity index is 1.45. The van der Waals surface area contributed by atoms with Crippen LogP contribution in [-0.4, -0.2) is 42.1 Å². The van der Waals surface area contributed by atoms with E-state index in [0.717, 1.165) is 69.0 Å². The molecular weight excluding hydrogens is 336 g/mol. The van der Waals surface area contributed by atoms with E-state index in [0.29, 0.717) is 5.91 Å². The number of amides is 1. The maximum absolute atomic E-state index is 12.9. The summed E-state index contributed by atoms with van der Waals surface area (Å²) in [4.78, 5) is 17.4. The lowest BCUT2D eigenvalue weighted by Gasteiger charge is -2.33. The molecule has 3 aliphatic rings. The Morgan fingerprint density at radius 1 is 1.11 bits per heavy atom. The smallest absolute Gasteiger partial charge is 0.230 e. The van der Waals surface area contributed by atoms with Crippen molar-refractivity contribution in [2.75, 3.05) is 31.1 Å². The fraction of sp³-hybridized carbons (Fsp3) is 0.696. The van der Waals surface area contributed by atoms with Crippen LogP contribution in [0.1, 0.15) is 69.1 Å². The Bertz CT molecular complexity index is 660. The molecule has 4 heteroatoms. The van der Waals surface area contributed by atoms with Crippen molar-refractivity contribution < 1.29 is 9.90 Å². The minimum atomic E-state index is -0.440. The lowest BCUT2D eigenvalue weighted by atomic mass is 9.95. The molecule has 1 saturated carbocycles. The lowest BCUT2D eigenvalue weighted by molar-refractivity contribution is -0.122. The summed E-state index contributed by atoms with van der Waals surface area (Å²) in [5.74, 6) is 1.36. The number of aliphatic hydroxyl groups is 1. The van der Waals surface area contributed by atoms with Gasteiger partial charge in [0.2, 0.25) is 5.91 Å². The van der Waals surface area contributed by atoms with Gasteiger partial charge in [-0.3, -0.25) is 4.79 Å². The fourth-order valence-electron chi connectivity index (χ4n) is 5.04. The summed E-state index contributed by atoms with van der Waals surface area (Å²) in [5, 5.41) is 10.8. The molecule has 4 nitrogen and oxygen atoms in total. The molecule has 0 spiro atoms. The van der Waals surface area contributed by atoms with E-state index in [1.165, 1.54) is 31.2 Å². The minimum absolute atomic E-state index is 0.225. The molecule has 2 fully saturated rings.